The van der Waals surface area contributed by atoms with Gasteiger partial charge in [-0.1, -0.05) is 13.8 Å². The van der Waals surface area contributed by atoms with Crippen LogP contribution in [0, 0.1) is 0 Å². The zero-order valence-electron chi connectivity index (χ0n) is 10.3. The molecule has 0 spiro atoms. The van der Waals surface area contributed by atoms with Gasteiger partial charge >= 0.3 is 0 Å². The first-order valence-electron chi connectivity index (χ1n) is 5.80. The Morgan fingerprint density at radius 3 is 2.47 bits per heavy atom. The van der Waals surface area contributed by atoms with Crippen molar-refractivity contribution in [2.75, 3.05) is 44.9 Å². The molecule has 3 nitrogen and oxygen atoms in total. The summed E-state index contributed by atoms with van der Waals surface area (Å²) in [6, 6.07) is 0. The third kappa shape index (κ3) is 10.4. The van der Waals surface area contributed by atoms with E-state index in [9.17, 15) is 4.21 Å². The summed E-state index contributed by atoms with van der Waals surface area (Å²) in [5.74, 6) is 0.781. The Bertz CT molecular complexity index is 165. The Labute approximate surface area is 96.6 Å². The second-order valence-electron chi connectivity index (χ2n) is 3.68. The van der Waals surface area contributed by atoms with Gasteiger partial charge < -0.3 is 9.64 Å². The maximum Gasteiger partial charge on any atom is 0.0478 e. The highest BCUT2D eigenvalue weighted by Crippen LogP contribution is 1.93. The molecule has 0 aromatic heterocycles. The molecule has 0 saturated carbocycles. The van der Waals surface area contributed by atoms with Crippen molar-refractivity contribution in [2.45, 2.75) is 26.7 Å². The van der Waals surface area contributed by atoms with E-state index in [-0.39, 0.29) is 0 Å². The van der Waals surface area contributed by atoms with E-state index in [1.54, 1.807) is 6.26 Å². The molecular formula is C11H25NO2S. The van der Waals surface area contributed by atoms with Gasteiger partial charge in [-0.15, -0.1) is 0 Å². The normalized spacial score (nSPS) is 13.3. The van der Waals surface area contributed by atoms with E-state index >= 15 is 0 Å². The third-order valence-electron chi connectivity index (χ3n) is 2.25. The average molecular weight is 235 g/mol. The van der Waals surface area contributed by atoms with Gasteiger partial charge in [-0.3, -0.25) is 4.21 Å². The molecule has 0 aliphatic carbocycles. The number of nitrogens with zero attached hydrogens (tertiary/aromatic N) is 1. The van der Waals surface area contributed by atoms with Crippen molar-refractivity contribution in [1.29, 1.82) is 0 Å². The van der Waals surface area contributed by atoms with Crippen molar-refractivity contribution in [3.8, 4) is 0 Å². The summed E-state index contributed by atoms with van der Waals surface area (Å²) in [5, 5.41) is 0. The van der Waals surface area contributed by atoms with E-state index in [0.717, 1.165) is 51.4 Å². The largest absolute Gasteiger partial charge is 0.381 e. The molecule has 92 valence electrons. The van der Waals surface area contributed by atoms with Crippen LogP contribution in [0.4, 0.5) is 0 Å². The maximum absolute atomic E-state index is 10.9. The first-order chi connectivity index (χ1) is 7.20. The van der Waals surface area contributed by atoms with E-state index in [1.165, 1.54) is 0 Å². The number of hydrogen-bond donors (Lipinski definition) is 0. The van der Waals surface area contributed by atoms with Crippen molar-refractivity contribution in [3.05, 3.63) is 0 Å². The van der Waals surface area contributed by atoms with Gasteiger partial charge in [0.05, 0.1) is 0 Å². The van der Waals surface area contributed by atoms with Crippen LogP contribution in [0.2, 0.25) is 0 Å². The van der Waals surface area contributed by atoms with E-state index < -0.39 is 10.8 Å². The van der Waals surface area contributed by atoms with Gasteiger partial charge in [-0.25, -0.2) is 0 Å². The number of ether oxygens (including phenoxy) is 1. The molecule has 0 aliphatic rings. The molecule has 0 N–H and O–H groups in total. The molecular weight excluding hydrogens is 210 g/mol. The Morgan fingerprint density at radius 2 is 1.93 bits per heavy atom. The van der Waals surface area contributed by atoms with Crippen LogP contribution in [0.3, 0.4) is 0 Å². The lowest BCUT2D eigenvalue weighted by Crippen LogP contribution is -2.29. The van der Waals surface area contributed by atoms with Crippen molar-refractivity contribution < 1.29 is 8.95 Å². The summed E-state index contributed by atoms with van der Waals surface area (Å²) in [5.41, 5.74) is 0. The Morgan fingerprint density at radius 1 is 1.20 bits per heavy atom. The van der Waals surface area contributed by atoms with Crippen LogP contribution in [-0.2, 0) is 15.5 Å². The van der Waals surface area contributed by atoms with E-state index in [4.69, 9.17) is 4.74 Å². The zero-order chi connectivity index (χ0) is 11.5. The predicted octanol–water partition coefficient (Wildman–Crippen LogP) is 1.50. The lowest BCUT2D eigenvalue weighted by atomic mass is 10.4. The molecule has 1 atom stereocenters. The van der Waals surface area contributed by atoms with Crippen molar-refractivity contribution in [3.63, 3.8) is 0 Å². The lowest BCUT2D eigenvalue weighted by Gasteiger charge is -2.19. The predicted molar refractivity (Wildman–Crippen MR) is 66.8 cm³/mol. The summed E-state index contributed by atoms with van der Waals surface area (Å²) >= 11 is 0. The van der Waals surface area contributed by atoms with E-state index in [2.05, 4.69) is 18.7 Å². The molecule has 0 rings (SSSR count). The topological polar surface area (TPSA) is 29.5 Å². The van der Waals surface area contributed by atoms with Gasteiger partial charge in [0.2, 0.25) is 0 Å². The van der Waals surface area contributed by atoms with Crippen molar-refractivity contribution in [1.82, 2.24) is 4.90 Å². The van der Waals surface area contributed by atoms with Crippen LogP contribution in [0.5, 0.6) is 0 Å². The minimum absolute atomic E-state index is 0.671. The molecule has 0 bridgehead atoms. The number of hydrogen-bond acceptors (Lipinski definition) is 3. The van der Waals surface area contributed by atoms with Gasteiger partial charge in [-0.2, -0.15) is 0 Å². The summed E-state index contributed by atoms with van der Waals surface area (Å²) < 4.78 is 16.4. The summed E-state index contributed by atoms with van der Waals surface area (Å²) in [6.45, 7) is 9.00. The molecule has 0 radical (unpaired) electrons. The Hall–Kier alpha value is 0.0700. The smallest absolute Gasteiger partial charge is 0.0478 e. The highest BCUT2D eigenvalue weighted by atomic mass is 32.2. The molecule has 1 unspecified atom stereocenters. The zero-order valence-corrected chi connectivity index (χ0v) is 11.1. The molecule has 0 saturated heterocycles. The standard InChI is InChI=1S/C11H25NO2S/c1-4-9-14-10-6-7-12(5-2)8-11-15(3)13/h4-11H2,1-3H3. The van der Waals surface area contributed by atoms with Gasteiger partial charge in [0, 0.05) is 49.1 Å². The first kappa shape index (κ1) is 15.1. The van der Waals surface area contributed by atoms with Crippen LogP contribution in [0.1, 0.15) is 26.7 Å². The highest BCUT2D eigenvalue weighted by molar-refractivity contribution is 7.84. The molecule has 0 fully saturated rings. The Balaban J connectivity index is 3.40. The molecule has 15 heavy (non-hydrogen) atoms. The number of rotatable bonds is 10. The van der Waals surface area contributed by atoms with Gasteiger partial charge in [0.1, 0.15) is 0 Å². The van der Waals surface area contributed by atoms with Crippen LogP contribution in [-0.4, -0.2) is 54.0 Å². The fraction of sp³-hybridized carbons (Fsp3) is 1.00. The van der Waals surface area contributed by atoms with Crippen LogP contribution in [0.15, 0.2) is 0 Å². The molecule has 0 aromatic rings. The lowest BCUT2D eigenvalue weighted by molar-refractivity contribution is 0.122. The van der Waals surface area contributed by atoms with Gasteiger partial charge in [-0.05, 0) is 19.4 Å². The summed E-state index contributed by atoms with van der Waals surface area (Å²) in [4.78, 5) is 2.33. The molecule has 0 heterocycles. The van der Waals surface area contributed by atoms with Gasteiger partial charge in [0.15, 0.2) is 0 Å². The minimum atomic E-state index is -0.671. The second-order valence-corrected chi connectivity index (χ2v) is 5.23. The quantitative estimate of drug-likeness (QED) is 0.538. The van der Waals surface area contributed by atoms with E-state index in [0.29, 0.717) is 0 Å². The minimum Gasteiger partial charge on any atom is -0.381 e. The Kier molecular flexibility index (Phi) is 10.6. The van der Waals surface area contributed by atoms with Crippen LogP contribution >= 0.6 is 0 Å². The monoisotopic (exact) mass is 235 g/mol. The maximum atomic E-state index is 10.9. The second kappa shape index (κ2) is 10.6. The first-order valence-corrected chi connectivity index (χ1v) is 7.53. The summed E-state index contributed by atoms with van der Waals surface area (Å²) in [6.07, 6.45) is 3.93. The fourth-order valence-corrected chi connectivity index (χ4v) is 1.84. The SMILES string of the molecule is CCCOCCCN(CC)CCS(C)=O. The van der Waals surface area contributed by atoms with Crippen LogP contribution in [0.25, 0.3) is 0 Å². The fourth-order valence-electron chi connectivity index (χ4n) is 1.32. The third-order valence-corrected chi connectivity index (χ3v) is 3.01. The molecule has 0 amide bonds. The van der Waals surface area contributed by atoms with E-state index in [1.807, 2.05) is 0 Å². The van der Waals surface area contributed by atoms with Gasteiger partial charge in [0.25, 0.3) is 0 Å². The molecule has 4 heteroatoms. The summed E-state index contributed by atoms with van der Waals surface area (Å²) in [7, 11) is -0.671. The molecule has 0 aromatic carbocycles. The van der Waals surface area contributed by atoms with Crippen molar-refractivity contribution >= 4 is 10.8 Å². The highest BCUT2D eigenvalue weighted by Gasteiger charge is 2.02. The van der Waals surface area contributed by atoms with Crippen molar-refractivity contribution in [2.24, 2.45) is 0 Å². The molecule has 0 aliphatic heterocycles. The average Bonchev–Trinajstić information content (AvgIpc) is 2.22. The van der Waals surface area contributed by atoms with Crippen LogP contribution < -0.4 is 0 Å².